The van der Waals surface area contributed by atoms with Gasteiger partial charge in [-0.25, -0.2) is 9.97 Å². The fourth-order valence-electron chi connectivity index (χ4n) is 2.57. The second-order valence-electron chi connectivity index (χ2n) is 4.69. The molecular weight excluding hydrogens is 363 g/mol. The summed E-state index contributed by atoms with van der Waals surface area (Å²) in [4.78, 5) is 8.13. The van der Waals surface area contributed by atoms with E-state index < -0.39 is 24.4 Å². The second-order valence-corrected chi connectivity index (χ2v) is 5.86. The Kier molecular flexibility index (Phi) is 3.12. The molecule has 0 aliphatic heterocycles. The van der Waals surface area contributed by atoms with Gasteiger partial charge >= 0.3 is 0 Å². The summed E-state index contributed by atoms with van der Waals surface area (Å²) >= 11 is 2.12. The largest absolute Gasteiger partial charge is 0.390 e. The Morgan fingerprint density at radius 1 is 1.26 bits per heavy atom. The van der Waals surface area contributed by atoms with Crippen LogP contribution in [0.4, 0.5) is 5.82 Å². The summed E-state index contributed by atoms with van der Waals surface area (Å²) in [7, 11) is 0. The molecule has 0 amide bonds. The van der Waals surface area contributed by atoms with Gasteiger partial charge in [0, 0.05) is 9.77 Å². The first-order valence-corrected chi connectivity index (χ1v) is 6.89. The molecule has 0 unspecified atom stereocenters. The smallest absolute Gasteiger partial charge is 0.146 e. The van der Waals surface area contributed by atoms with Crippen molar-refractivity contribution in [1.82, 2.24) is 14.5 Å². The molecule has 1 fully saturated rings. The minimum Gasteiger partial charge on any atom is -0.390 e. The summed E-state index contributed by atoms with van der Waals surface area (Å²) in [6.45, 7) is 0. The summed E-state index contributed by atoms with van der Waals surface area (Å²) < 4.78 is 2.62. The number of nitrogen functional groups attached to an aromatic ring is 1. The lowest BCUT2D eigenvalue weighted by Gasteiger charge is -2.18. The molecule has 5 N–H and O–H groups in total. The van der Waals surface area contributed by atoms with Gasteiger partial charge in [-0.15, -0.1) is 0 Å². The van der Waals surface area contributed by atoms with Crippen LogP contribution in [0.1, 0.15) is 12.5 Å². The van der Waals surface area contributed by atoms with Crippen molar-refractivity contribution >= 4 is 39.4 Å². The lowest BCUT2D eigenvalue weighted by Crippen LogP contribution is -2.31. The van der Waals surface area contributed by atoms with Crippen molar-refractivity contribution in [1.29, 1.82) is 0 Å². The van der Waals surface area contributed by atoms with Crippen LogP contribution in [0.3, 0.4) is 0 Å². The molecule has 2 aromatic heterocycles. The molecular formula is C11H13IN4O3. The lowest BCUT2D eigenvalue weighted by molar-refractivity contribution is -0.0244. The number of hydrogen-bond donors (Lipinski definition) is 4. The van der Waals surface area contributed by atoms with E-state index >= 15 is 0 Å². The Hall–Kier alpha value is -0.970. The van der Waals surface area contributed by atoms with Crippen molar-refractivity contribution in [2.75, 3.05) is 5.73 Å². The van der Waals surface area contributed by atoms with Gasteiger partial charge in [0.15, 0.2) is 0 Å². The number of nitrogens with two attached hydrogens (primary N) is 1. The number of fused-ring (bicyclic) bond motifs is 1. The third-order valence-electron chi connectivity index (χ3n) is 3.57. The average Bonchev–Trinajstić information content (AvgIpc) is 2.83. The summed E-state index contributed by atoms with van der Waals surface area (Å²) in [6.07, 6.45) is 0.325. The van der Waals surface area contributed by atoms with Gasteiger partial charge in [-0.3, -0.25) is 0 Å². The molecule has 1 aliphatic carbocycles. The molecule has 2 heterocycles. The predicted octanol–water partition coefficient (Wildman–Crippen LogP) is -0.354. The van der Waals surface area contributed by atoms with Crippen molar-refractivity contribution in [2.45, 2.75) is 30.8 Å². The van der Waals surface area contributed by atoms with E-state index in [0.717, 1.165) is 8.96 Å². The van der Waals surface area contributed by atoms with Crippen LogP contribution in [0.2, 0.25) is 0 Å². The number of hydrogen-bond acceptors (Lipinski definition) is 6. The third-order valence-corrected chi connectivity index (χ3v) is 4.39. The molecule has 7 nitrogen and oxygen atoms in total. The highest BCUT2D eigenvalue weighted by Crippen LogP contribution is 2.35. The van der Waals surface area contributed by atoms with Gasteiger partial charge in [-0.2, -0.15) is 0 Å². The molecule has 0 aromatic carbocycles. The minimum absolute atomic E-state index is 0.270. The minimum atomic E-state index is -1.14. The second kappa shape index (κ2) is 4.54. The van der Waals surface area contributed by atoms with Gasteiger partial charge in [-0.05, 0) is 29.0 Å². The highest BCUT2D eigenvalue weighted by molar-refractivity contribution is 14.1. The Labute approximate surface area is 122 Å². The van der Waals surface area contributed by atoms with Crippen molar-refractivity contribution < 1.29 is 15.3 Å². The van der Waals surface area contributed by atoms with Crippen LogP contribution in [-0.2, 0) is 0 Å². The SMILES string of the molecule is Nc1ncnc2c1c(I)cn2[C@H]1C[C@H](O)[C@@H](O)[C@H]1O. The van der Waals surface area contributed by atoms with Crippen LogP contribution in [-0.4, -0.2) is 48.2 Å². The quantitative estimate of drug-likeness (QED) is 0.506. The molecule has 2 aromatic rings. The highest BCUT2D eigenvalue weighted by atomic mass is 127. The highest BCUT2D eigenvalue weighted by Gasteiger charge is 2.42. The van der Waals surface area contributed by atoms with Crippen molar-refractivity contribution in [2.24, 2.45) is 0 Å². The summed E-state index contributed by atoms with van der Waals surface area (Å²) in [5, 5.41) is 30.0. The van der Waals surface area contributed by atoms with E-state index in [9.17, 15) is 15.3 Å². The van der Waals surface area contributed by atoms with Crippen molar-refractivity contribution in [3.63, 3.8) is 0 Å². The van der Waals surface area contributed by atoms with Crippen LogP contribution in [0.15, 0.2) is 12.5 Å². The topological polar surface area (TPSA) is 117 Å². The van der Waals surface area contributed by atoms with Crippen LogP contribution in [0.25, 0.3) is 11.0 Å². The first-order chi connectivity index (χ1) is 9.00. The maximum atomic E-state index is 10.0. The monoisotopic (exact) mass is 376 g/mol. The number of nitrogens with zero attached hydrogens (tertiary/aromatic N) is 3. The molecule has 0 saturated heterocycles. The lowest BCUT2D eigenvalue weighted by atomic mass is 10.2. The molecule has 0 radical (unpaired) electrons. The molecule has 102 valence electrons. The standard InChI is InChI=1S/C11H13IN4O3/c12-4-2-16(5-1-6(17)9(19)8(5)18)11-7(4)10(13)14-3-15-11/h2-3,5-6,8-9,17-19H,1H2,(H2,13,14,15)/t5-,6-,8-,9+/m0/s1. The summed E-state index contributed by atoms with van der Waals surface area (Å²) in [6, 6.07) is -0.426. The average molecular weight is 376 g/mol. The van der Waals surface area contributed by atoms with Crippen LogP contribution in [0.5, 0.6) is 0 Å². The number of anilines is 1. The zero-order chi connectivity index (χ0) is 13.7. The number of rotatable bonds is 1. The van der Waals surface area contributed by atoms with Gasteiger partial charge in [-0.1, -0.05) is 0 Å². The number of aliphatic hydroxyl groups excluding tert-OH is 3. The van der Waals surface area contributed by atoms with Crippen molar-refractivity contribution in [3.05, 3.63) is 16.1 Å². The Morgan fingerprint density at radius 3 is 2.63 bits per heavy atom. The molecule has 8 heteroatoms. The first kappa shape index (κ1) is 13.0. The van der Waals surface area contributed by atoms with Crippen LogP contribution >= 0.6 is 22.6 Å². The van der Waals surface area contributed by atoms with Crippen LogP contribution < -0.4 is 5.73 Å². The fourth-order valence-corrected chi connectivity index (χ4v) is 3.39. The molecule has 0 bridgehead atoms. The summed E-state index contributed by atoms with van der Waals surface area (Å²) in [5.41, 5.74) is 6.43. The molecule has 1 saturated carbocycles. The molecule has 3 rings (SSSR count). The Morgan fingerprint density at radius 2 is 2.00 bits per heavy atom. The molecule has 0 spiro atoms. The number of aromatic nitrogens is 3. The van der Waals surface area contributed by atoms with Gasteiger partial charge in [0.05, 0.1) is 17.5 Å². The van der Waals surface area contributed by atoms with Crippen molar-refractivity contribution in [3.8, 4) is 0 Å². The van der Waals surface area contributed by atoms with Gasteiger partial charge in [0.25, 0.3) is 0 Å². The van der Waals surface area contributed by atoms with E-state index in [2.05, 4.69) is 32.6 Å². The molecule has 4 atom stereocenters. The molecule has 19 heavy (non-hydrogen) atoms. The maximum Gasteiger partial charge on any atom is 0.146 e. The van der Waals surface area contributed by atoms with E-state index in [1.165, 1.54) is 6.33 Å². The van der Waals surface area contributed by atoms with Crippen LogP contribution in [0, 0.1) is 3.57 Å². The first-order valence-electron chi connectivity index (χ1n) is 5.81. The van der Waals surface area contributed by atoms with E-state index in [4.69, 9.17) is 5.73 Å². The third kappa shape index (κ3) is 1.90. The number of halogens is 1. The zero-order valence-electron chi connectivity index (χ0n) is 9.81. The van der Waals surface area contributed by atoms with E-state index in [1.807, 2.05) is 0 Å². The zero-order valence-corrected chi connectivity index (χ0v) is 12.0. The van der Waals surface area contributed by atoms with E-state index in [1.54, 1.807) is 10.8 Å². The maximum absolute atomic E-state index is 10.0. The Balaban J connectivity index is 2.14. The summed E-state index contributed by atoms with van der Waals surface area (Å²) in [5.74, 6) is 0.377. The Bertz CT molecular complexity index is 632. The van der Waals surface area contributed by atoms with Gasteiger partial charge in [0.2, 0.25) is 0 Å². The van der Waals surface area contributed by atoms with Gasteiger partial charge in [0.1, 0.15) is 30.0 Å². The predicted molar refractivity (Wildman–Crippen MR) is 76.3 cm³/mol. The molecule has 1 aliphatic rings. The normalized spacial score (nSPS) is 31.2. The fraction of sp³-hybridized carbons (Fsp3) is 0.455. The number of aliphatic hydroxyl groups is 3. The van der Waals surface area contributed by atoms with Gasteiger partial charge < -0.3 is 25.6 Å². The van der Waals surface area contributed by atoms with E-state index in [0.29, 0.717) is 11.5 Å². The van der Waals surface area contributed by atoms with E-state index in [-0.39, 0.29) is 6.42 Å².